The van der Waals surface area contributed by atoms with Crippen LogP contribution in [-0.4, -0.2) is 37.2 Å². The van der Waals surface area contributed by atoms with Crippen molar-refractivity contribution >= 4 is 17.9 Å². The van der Waals surface area contributed by atoms with Crippen LogP contribution < -0.4 is 0 Å². The highest BCUT2D eigenvalue weighted by Crippen LogP contribution is 2.14. The lowest BCUT2D eigenvalue weighted by Crippen LogP contribution is -2.30. The molecule has 0 heterocycles. The van der Waals surface area contributed by atoms with E-state index in [4.69, 9.17) is 14.2 Å². The van der Waals surface area contributed by atoms with Crippen LogP contribution in [0.25, 0.3) is 0 Å². The second kappa shape index (κ2) is 51.5. The van der Waals surface area contributed by atoms with Crippen molar-refractivity contribution in [2.75, 3.05) is 13.2 Å². The lowest BCUT2D eigenvalue weighted by molar-refractivity contribution is -0.167. The van der Waals surface area contributed by atoms with E-state index < -0.39 is 6.10 Å². The third kappa shape index (κ3) is 49.7. The van der Waals surface area contributed by atoms with Crippen molar-refractivity contribution in [2.45, 2.75) is 258 Å². The molecule has 0 radical (unpaired) electrons. The first kappa shape index (κ1) is 59.9. The predicted molar refractivity (Wildman–Crippen MR) is 270 cm³/mol. The average Bonchev–Trinajstić information content (AvgIpc) is 3.28. The van der Waals surface area contributed by atoms with Gasteiger partial charge in [-0.3, -0.25) is 14.4 Å². The molecule has 0 bridgehead atoms. The highest BCUT2D eigenvalue weighted by molar-refractivity contribution is 5.71. The highest BCUT2D eigenvalue weighted by Gasteiger charge is 2.19. The second-order valence-electron chi connectivity index (χ2n) is 17.5. The number of ether oxygens (including phenoxy) is 3. The number of hydrogen-bond acceptors (Lipinski definition) is 6. The monoisotopic (exact) mass is 879 g/mol. The molecule has 0 aromatic carbocycles. The Kier molecular flexibility index (Phi) is 48.9. The number of allylic oxidation sites excluding steroid dienone is 12. The molecule has 6 heteroatoms. The minimum absolute atomic E-state index is 0.0996. The SMILES string of the molecule is CCCCC\C=C/C=C\C=C/C=C\CCCCCCCC(=O)OCC(COC(=O)CCC/C=C\CCCCCC)OC(=O)CCCCCCC/C=C\CCCCCCCCCCC. The Balaban J connectivity index is 4.39. The number of rotatable bonds is 47. The highest BCUT2D eigenvalue weighted by atomic mass is 16.6. The van der Waals surface area contributed by atoms with Crippen molar-refractivity contribution in [2.24, 2.45) is 0 Å². The van der Waals surface area contributed by atoms with Crippen LogP contribution in [0, 0.1) is 0 Å². The van der Waals surface area contributed by atoms with E-state index in [0.29, 0.717) is 25.7 Å². The topological polar surface area (TPSA) is 78.9 Å². The average molecular weight is 879 g/mol. The Labute approximate surface area is 389 Å². The quantitative estimate of drug-likeness (QED) is 0.0199. The standard InChI is InChI=1S/C57H98O6/c1-4-7-10-13-16-19-21-23-25-27-29-31-33-35-38-41-44-47-50-56(59)62-53-54(52-61-55(58)49-46-43-40-37-18-15-12-9-6-3)63-57(60)51-48-45-42-39-36-34-32-30-28-26-24-22-20-17-14-11-8-5-2/h16,19,21,23,25,27,29-32,37,40,54H,4-15,17-18,20,22,24,26,28,33-36,38-39,41-53H2,1-3H3/b19-16-,23-21-,27-25-,31-29-,32-30-,40-37-. The Morgan fingerprint density at radius 1 is 0.317 bits per heavy atom. The third-order valence-electron chi connectivity index (χ3n) is 11.2. The number of unbranched alkanes of at least 4 members (excludes halogenated alkanes) is 27. The molecule has 1 unspecified atom stereocenters. The minimum atomic E-state index is -0.799. The number of esters is 3. The maximum atomic E-state index is 12.8. The molecule has 362 valence electrons. The summed E-state index contributed by atoms with van der Waals surface area (Å²) < 4.78 is 16.7. The van der Waals surface area contributed by atoms with Gasteiger partial charge in [-0.1, -0.05) is 216 Å². The second-order valence-corrected chi connectivity index (χ2v) is 17.5. The number of carbonyl (C=O) groups is 3. The molecule has 0 aromatic heterocycles. The molecule has 6 nitrogen and oxygen atoms in total. The molecule has 0 saturated carbocycles. The molecular formula is C57H98O6. The summed E-state index contributed by atoms with van der Waals surface area (Å²) >= 11 is 0. The molecule has 0 amide bonds. The Morgan fingerprint density at radius 3 is 1.05 bits per heavy atom. The molecular weight excluding hydrogens is 781 g/mol. The van der Waals surface area contributed by atoms with Gasteiger partial charge in [-0.05, 0) is 89.9 Å². The van der Waals surface area contributed by atoms with Gasteiger partial charge in [0.15, 0.2) is 6.10 Å². The maximum Gasteiger partial charge on any atom is 0.306 e. The fraction of sp³-hybridized carbons (Fsp3) is 0.737. The van der Waals surface area contributed by atoms with Gasteiger partial charge >= 0.3 is 17.9 Å². The van der Waals surface area contributed by atoms with E-state index in [0.717, 1.165) is 89.9 Å². The van der Waals surface area contributed by atoms with Crippen molar-refractivity contribution in [1.82, 2.24) is 0 Å². The van der Waals surface area contributed by atoms with Crippen molar-refractivity contribution in [1.29, 1.82) is 0 Å². The van der Waals surface area contributed by atoms with Gasteiger partial charge in [0.05, 0.1) is 0 Å². The lowest BCUT2D eigenvalue weighted by Gasteiger charge is -2.18. The summed E-state index contributed by atoms with van der Waals surface area (Å²) in [5, 5.41) is 0. The fourth-order valence-electron chi connectivity index (χ4n) is 7.22. The van der Waals surface area contributed by atoms with Gasteiger partial charge in [-0.25, -0.2) is 0 Å². The zero-order valence-corrected chi connectivity index (χ0v) is 41.3. The van der Waals surface area contributed by atoms with Crippen LogP contribution in [0.15, 0.2) is 72.9 Å². The van der Waals surface area contributed by atoms with E-state index in [2.05, 4.69) is 93.7 Å². The van der Waals surface area contributed by atoms with Gasteiger partial charge in [-0.2, -0.15) is 0 Å². The molecule has 0 N–H and O–H groups in total. The number of carbonyl (C=O) groups excluding carboxylic acids is 3. The van der Waals surface area contributed by atoms with Crippen LogP contribution in [0.3, 0.4) is 0 Å². The van der Waals surface area contributed by atoms with E-state index >= 15 is 0 Å². The first-order valence-electron chi connectivity index (χ1n) is 26.5. The minimum Gasteiger partial charge on any atom is -0.462 e. The van der Waals surface area contributed by atoms with Gasteiger partial charge in [0.1, 0.15) is 13.2 Å². The summed E-state index contributed by atoms with van der Waals surface area (Å²) in [6.07, 6.45) is 64.7. The van der Waals surface area contributed by atoms with Gasteiger partial charge in [0.25, 0.3) is 0 Å². The summed E-state index contributed by atoms with van der Waals surface area (Å²) in [6, 6.07) is 0. The molecule has 0 aliphatic heterocycles. The van der Waals surface area contributed by atoms with Gasteiger partial charge < -0.3 is 14.2 Å². The Hall–Kier alpha value is -3.15. The van der Waals surface area contributed by atoms with Crippen molar-refractivity contribution in [3.63, 3.8) is 0 Å². The molecule has 0 rings (SSSR count). The van der Waals surface area contributed by atoms with Crippen LogP contribution in [0.4, 0.5) is 0 Å². The molecule has 0 aromatic rings. The molecule has 1 atom stereocenters. The van der Waals surface area contributed by atoms with Crippen molar-refractivity contribution < 1.29 is 28.6 Å². The van der Waals surface area contributed by atoms with E-state index in [1.807, 2.05) is 0 Å². The third-order valence-corrected chi connectivity index (χ3v) is 11.2. The fourth-order valence-corrected chi connectivity index (χ4v) is 7.22. The van der Waals surface area contributed by atoms with E-state index in [-0.39, 0.29) is 31.1 Å². The Bertz CT molecular complexity index is 1190. The van der Waals surface area contributed by atoms with Crippen molar-refractivity contribution in [3.05, 3.63) is 72.9 Å². The van der Waals surface area contributed by atoms with E-state index in [1.54, 1.807) is 0 Å². The summed E-state index contributed by atoms with van der Waals surface area (Å²) in [6.45, 7) is 6.52. The van der Waals surface area contributed by atoms with Gasteiger partial charge in [0.2, 0.25) is 0 Å². The zero-order chi connectivity index (χ0) is 45.8. The first-order chi connectivity index (χ1) is 31.0. The molecule has 0 aliphatic rings. The lowest BCUT2D eigenvalue weighted by atomic mass is 10.1. The van der Waals surface area contributed by atoms with Crippen LogP contribution in [-0.2, 0) is 28.6 Å². The Morgan fingerprint density at radius 2 is 0.603 bits per heavy atom. The number of hydrogen-bond donors (Lipinski definition) is 0. The summed E-state index contributed by atoms with van der Waals surface area (Å²) in [7, 11) is 0. The summed E-state index contributed by atoms with van der Waals surface area (Å²) in [4.78, 5) is 37.9. The predicted octanol–water partition coefficient (Wildman–Crippen LogP) is 17.4. The molecule has 0 aliphatic carbocycles. The van der Waals surface area contributed by atoms with E-state index in [9.17, 15) is 14.4 Å². The van der Waals surface area contributed by atoms with Gasteiger partial charge in [0, 0.05) is 19.3 Å². The zero-order valence-electron chi connectivity index (χ0n) is 41.3. The van der Waals surface area contributed by atoms with E-state index in [1.165, 1.54) is 116 Å². The normalized spacial score (nSPS) is 12.6. The van der Waals surface area contributed by atoms with Crippen LogP contribution in [0.1, 0.15) is 252 Å². The molecule has 0 spiro atoms. The van der Waals surface area contributed by atoms with Crippen molar-refractivity contribution in [3.8, 4) is 0 Å². The molecule has 0 saturated heterocycles. The summed E-state index contributed by atoms with van der Waals surface area (Å²) in [5.41, 5.74) is 0. The van der Waals surface area contributed by atoms with Crippen LogP contribution >= 0.6 is 0 Å². The summed E-state index contributed by atoms with van der Waals surface area (Å²) in [5.74, 6) is -0.963. The molecule has 0 fully saturated rings. The first-order valence-corrected chi connectivity index (χ1v) is 26.5. The van der Waals surface area contributed by atoms with Gasteiger partial charge in [-0.15, -0.1) is 0 Å². The smallest absolute Gasteiger partial charge is 0.306 e. The molecule has 63 heavy (non-hydrogen) atoms. The largest absolute Gasteiger partial charge is 0.462 e. The van der Waals surface area contributed by atoms with Crippen LogP contribution in [0.2, 0.25) is 0 Å². The van der Waals surface area contributed by atoms with Crippen LogP contribution in [0.5, 0.6) is 0 Å². The maximum absolute atomic E-state index is 12.8.